The van der Waals surface area contributed by atoms with Crippen LogP contribution in [0.25, 0.3) is 0 Å². The first-order valence-electron chi connectivity index (χ1n) is 6.03. The number of H-pyrrole nitrogens is 1. The number of aromatic amines is 1. The van der Waals surface area contributed by atoms with Gasteiger partial charge in [-0.05, 0) is 12.5 Å². The number of thiazole rings is 1. The number of rotatable bonds is 3. The monoisotopic (exact) mass is 264 g/mol. The zero-order valence-electron chi connectivity index (χ0n) is 10.3. The van der Waals surface area contributed by atoms with Crippen LogP contribution in [0, 0.1) is 6.92 Å². The Morgan fingerprint density at radius 2 is 2.50 bits per heavy atom. The van der Waals surface area contributed by atoms with Crippen molar-refractivity contribution in [1.29, 1.82) is 0 Å². The Labute approximate surface area is 110 Å². The van der Waals surface area contributed by atoms with E-state index in [1.54, 1.807) is 11.3 Å². The van der Waals surface area contributed by atoms with Crippen LogP contribution in [0.1, 0.15) is 22.2 Å². The molecule has 3 rings (SSSR count). The smallest absolute Gasteiger partial charge is 0.0794 e. The number of nitrogens with zero attached hydrogens (tertiary/aromatic N) is 3. The fourth-order valence-corrected chi connectivity index (χ4v) is 2.93. The van der Waals surface area contributed by atoms with Gasteiger partial charge in [0.25, 0.3) is 0 Å². The van der Waals surface area contributed by atoms with Gasteiger partial charge in [-0.2, -0.15) is 5.10 Å². The SMILES string of the molecule is Cc1cn[nH]c1C1COCCN1Cc1cncs1. The predicted molar refractivity (Wildman–Crippen MR) is 69.4 cm³/mol. The lowest BCUT2D eigenvalue weighted by Gasteiger charge is -2.34. The molecule has 1 aliphatic rings. The maximum Gasteiger partial charge on any atom is 0.0794 e. The molecule has 5 nitrogen and oxygen atoms in total. The van der Waals surface area contributed by atoms with Crippen LogP contribution < -0.4 is 0 Å². The highest BCUT2D eigenvalue weighted by molar-refractivity contribution is 7.09. The highest BCUT2D eigenvalue weighted by Crippen LogP contribution is 2.27. The minimum atomic E-state index is 0.267. The van der Waals surface area contributed by atoms with E-state index >= 15 is 0 Å². The van der Waals surface area contributed by atoms with E-state index in [0.717, 1.165) is 26.3 Å². The van der Waals surface area contributed by atoms with Crippen LogP contribution >= 0.6 is 11.3 Å². The summed E-state index contributed by atoms with van der Waals surface area (Å²) in [5, 5.41) is 7.21. The van der Waals surface area contributed by atoms with Crippen LogP contribution in [0.4, 0.5) is 0 Å². The molecular weight excluding hydrogens is 248 g/mol. The molecule has 2 aromatic rings. The van der Waals surface area contributed by atoms with Gasteiger partial charge in [-0.15, -0.1) is 11.3 Å². The molecule has 0 saturated carbocycles. The lowest BCUT2D eigenvalue weighted by atomic mass is 10.1. The summed E-state index contributed by atoms with van der Waals surface area (Å²) in [5.74, 6) is 0. The van der Waals surface area contributed by atoms with Gasteiger partial charge in [-0.1, -0.05) is 0 Å². The number of aromatic nitrogens is 3. The quantitative estimate of drug-likeness (QED) is 0.917. The molecule has 1 atom stereocenters. The summed E-state index contributed by atoms with van der Waals surface area (Å²) < 4.78 is 5.61. The second-order valence-electron chi connectivity index (χ2n) is 4.50. The summed E-state index contributed by atoms with van der Waals surface area (Å²) in [7, 11) is 0. The molecule has 2 aromatic heterocycles. The van der Waals surface area contributed by atoms with Crippen LogP contribution in [0.15, 0.2) is 17.9 Å². The van der Waals surface area contributed by atoms with E-state index in [1.165, 1.54) is 16.1 Å². The van der Waals surface area contributed by atoms with Crippen LogP contribution in [-0.4, -0.2) is 39.8 Å². The van der Waals surface area contributed by atoms with E-state index in [2.05, 4.69) is 27.0 Å². The number of morpholine rings is 1. The third-order valence-corrected chi connectivity index (χ3v) is 4.05. The van der Waals surface area contributed by atoms with E-state index < -0.39 is 0 Å². The molecule has 1 saturated heterocycles. The highest BCUT2D eigenvalue weighted by atomic mass is 32.1. The second kappa shape index (κ2) is 5.17. The molecule has 0 aliphatic carbocycles. The average Bonchev–Trinajstić information content (AvgIpc) is 3.02. The Morgan fingerprint density at radius 3 is 3.22 bits per heavy atom. The van der Waals surface area contributed by atoms with Gasteiger partial charge in [0.2, 0.25) is 0 Å². The second-order valence-corrected chi connectivity index (χ2v) is 5.47. The molecule has 1 aliphatic heterocycles. The van der Waals surface area contributed by atoms with Crippen molar-refractivity contribution in [3.05, 3.63) is 34.0 Å². The molecular formula is C12H16N4OS. The van der Waals surface area contributed by atoms with Crippen LogP contribution in [-0.2, 0) is 11.3 Å². The van der Waals surface area contributed by atoms with Gasteiger partial charge in [0, 0.05) is 24.2 Å². The molecule has 3 heterocycles. The molecule has 0 amide bonds. The first-order valence-corrected chi connectivity index (χ1v) is 6.91. The Kier molecular flexibility index (Phi) is 3.40. The van der Waals surface area contributed by atoms with Crippen molar-refractivity contribution >= 4 is 11.3 Å². The van der Waals surface area contributed by atoms with Crippen LogP contribution in [0.2, 0.25) is 0 Å². The summed E-state index contributed by atoms with van der Waals surface area (Å²) in [5.41, 5.74) is 4.24. The number of hydrogen-bond donors (Lipinski definition) is 1. The van der Waals surface area contributed by atoms with Gasteiger partial charge < -0.3 is 4.74 Å². The van der Waals surface area contributed by atoms with Crippen molar-refractivity contribution in [3.63, 3.8) is 0 Å². The normalized spacial score (nSPS) is 21.3. The molecule has 1 unspecified atom stereocenters. The Morgan fingerprint density at radius 1 is 1.56 bits per heavy atom. The van der Waals surface area contributed by atoms with Crippen molar-refractivity contribution in [2.24, 2.45) is 0 Å². The molecule has 1 fully saturated rings. The van der Waals surface area contributed by atoms with Crippen molar-refractivity contribution in [3.8, 4) is 0 Å². The fourth-order valence-electron chi connectivity index (χ4n) is 2.31. The minimum Gasteiger partial charge on any atom is -0.378 e. The minimum absolute atomic E-state index is 0.267. The molecule has 0 spiro atoms. The van der Waals surface area contributed by atoms with Gasteiger partial charge in [-0.25, -0.2) is 0 Å². The largest absolute Gasteiger partial charge is 0.378 e. The maximum absolute atomic E-state index is 5.61. The maximum atomic E-state index is 5.61. The molecule has 0 bridgehead atoms. The lowest BCUT2D eigenvalue weighted by molar-refractivity contribution is -0.0140. The Hall–Kier alpha value is -1.24. The molecule has 18 heavy (non-hydrogen) atoms. The number of nitrogens with one attached hydrogen (secondary N) is 1. The number of aryl methyl sites for hydroxylation is 1. The first-order chi connectivity index (χ1) is 8.84. The highest BCUT2D eigenvalue weighted by Gasteiger charge is 2.27. The number of ether oxygens (including phenoxy) is 1. The van der Waals surface area contributed by atoms with E-state index in [1.807, 2.05) is 17.9 Å². The van der Waals surface area contributed by atoms with E-state index in [-0.39, 0.29) is 6.04 Å². The summed E-state index contributed by atoms with van der Waals surface area (Å²) in [6.45, 7) is 5.47. The van der Waals surface area contributed by atoms with E-state index in [0.29, 0.717) is 0 Å². The van der Waals surface area contributed by atoms with Gasteiger partial charge >= 0.3 is 0 Å². The summed E-state index contributed by atoms with van der Waals surface area (Å²) in [6.07, 6.45) is 3.81. The van der Waals surface area contributed by atoms with Gasteiger partial charge in [-0.3, -0.25) is 15.0 Å². The fraction of sp³-hybridized carbons (Fsp3) is 0.500. The molecule has 0 radical (unpaired) electrons. The van der Waals surface area contributed by atoms with E-state index in [4.69, 9.17) is 4.74 Å². The third-order valence-electron chi connectivity index (χ3n) is 3.28. The zero-order valence-corrected chi connectivity index (χ0v) is 11.1. The Balaban J connectivity index is 1.80. The summed E-state index contributed by atoms with van der Waals surface area (Å²) >= 11 is 1.70. The summed E-state index contributed by atoms with van der Waals surface area (Å²) in [4.78, 5) is 7.85. The van der Waals surface area contributed by atoms with Gasteiger partial charge in [0.15, 0.2) is 0 Å². The van der Waals surface area contributed by atoms with Gasteiger partial charge in [0.1, 0.15) is 0 Å². The van der Waals surface area contributed by atoms with E-state index in [9.17, 15) is 0 Å². The van der Waals surface area contributed by atoms with Crippen LogP contribution in [0.3, 0.4) is 0 Å². The Bertz CT molecular complexity index is 496. The molecule has 0 aromatic carbocycles. The van der Waals surface area contributed by atoms with Crippen molar-refractivity contribution in [2.45, 2.75) is 19.5 Å². The van der Waals surface area contributed by atoms with Crippen molar-refractivity contribution in [1.82, 2.24) is 20.1 Å². The van der Waals surface area contributed by atoms with Gasteiger partial charge in [0.05, 0.1) is 36.7 Å². The number of hydrogen-bond acceptors (Lipinski definition) is 5. The van der Waals surface area contributed by atoms with Crippen molar-refractivity contribution < 1.29 is 4.74 Å². The average molecular weight is 264 g/mol. The molecule has 1 N–H and O–H groups in total. The first kappa shape index (κ1) is 11.8. The van der Waals surface area contributed by atoms with Crippen LogP contribution in [0.5, 0.6) is 0 Å². The topological polar surface area (TPSA) is 54.0 Å². The zero-order chi connectivity index (χ0) is 12.4. The third kappa shape index (κ3) is 2.31. The van der Waals surface area contributed by atoms with Crippen molar-refractivity contribution in [2.75, 3.05) is 19.8 Å². The lowest BCUT2D eigenvalue weighted by Crippen LogP contribution is -2.39. The molecule has 96 valence electrons. The standard InChI is InChI=1S/C12H16N4OS/c1-9-4-14-15-12(9)11-7-17-3-2-16(11)6-10-5-13-8-18-10/h4-5,8,11H,2-3,6-7H2,1H3,(H,14,15). The predicted octanol–water partition coefficient (Wildman–Crippen LogP) is 1.75. The molecule has 6 heteroatoms. The summed E-state index contributed by atoms with van der Waals surface area (Å²) in [6, 6.07) is 0.267.